The Morgan fingerprint density at radius 3 is 2.69 bits per heavy atom. The van der Waals surface area contributed by atoms with Crippen LogP contribution in [0.2, 0.25) is 0 Å². The molecule has 94 valence electrons. The molecule has 1 fully saturated rings. The zero-order valence-corrected chi connectivity index (χ0v) is 11.3. The number of rotatable bonds is 8. The molecule has 1 aliphatic carbocycles. The highest BCUT2D eigenvalue weighted by Crippen LogP contribution is 2.30. The van der Waals surface area contributed by atoms with Crippen LogP contribution in [0.15, 0.2) is 0 Å². The van der Waals surface area contributed by atoms with Gasteiger partial charge in [-0.3, -0.25) is 4.79 Å². The summed E-state index contributed by atoms with van der Waals surface area (Å²) in [7, 11) is 1.65. The van der Waals surface area contributed by atoms with Crippen LogP contribution in [0.4, 0.5) is 0 Å². The third kappa shape index (κ3) is 5.32. The molecule has 3 nitrogen and oxygen atoms in total. The Kier molecular flexibility index (Phi) is 5.79. The van der Waals surface area contributed by atoms with Crippen LogP contribution >= 0.6 is 11.8 Å². The van der Waals surface area contributed by atoms with E-state index >= 15 is 0 Å². The summed E-state index contributed by atoms with van der Waals surface area (Å²) in [6.07, 6.45) is 2.58. The van der Waals surface area contributed by atoms with Gasteiger partial charge in [0.05, 0.1) is 18.6 Å². The minimum absolute atomic E-state index is 0.195. The van der Waals surface area contributed by atoms with E-state index in [2.05, 4.69) is 0 Å². The highest BCUT2D eigenvalue weighted by Gasteiger charge is 2.29. The zero-order valence-electron chi connectivity index (χ0n) is 10.5. The van der Waals surface area contributed by atoms with Crippen molar-refractivity contribution in [2.24, 2.45) is 11.3 Å². The van der Waals surface area contributed by atoms with Crippen molar-refractivity contribution in [1.82, 2.24) is 0 Å². The maximum atomic E-state index is 11.9. The van der Waals surface area contributed by atoms with E-state index < -0.39 is 0 Å². The molecule has 0 bridgehead atoms. The fourth-order valence-electron chi connectivity index (χ4n) is 1.24. The fourth-order valence-corrected chi connectivity index (χ4v) is 2.12. The van der Waals surface area contributed by atoms with E-state index in [9.17, 15) is 4.79 Å². The number of thioether (sulfide) groups is 1. The summed E-state index contributed by atoms with van der Waals surface area (Å²) in [5.41, 5.74) is -0.382. The Hall–Kier alpha value is -0.0600. The van der Waals surface area contributed by atoms with Crippen LogP contribution in [0.3, 0.4) is 0 Å². The Balaban J connectivity index is 2.15. The molecule has 0 saturated heterocycles. The molecule has 0 amide bonds. The number of carbonyl (C=O) groups is 1. The predicted molar refractivity (Wildman–Crippen MR) is 66.7 cm³/mol. The Morgan fingerprint density at radius 1 is 1.44 bits per heavy atom. The molecule has 0 aromatic heterocycles. The van der Waals surface area contributed by atoms with Crippen molar-refractivity contribution < 1.29 is 14.3 Å². The highest BCUT2D eigenvalue weighted by molar-refractivity contribution is 8.13. The highest BCUT2D eigenvalue weighted by atomic mass is 32.2. The van der Waals surface area contributed by atoms with Crippen LogP contribution in [0.25, 0.3) is 0 Å². The van der Waals surface area contributed by atoms with Crippen LogP contribution in [0, 0.1) is 11.3 Å². The average Bonchev–Trinajstić information content (AvgIpc) is 3.01. The van der Waals surface area contributed by atoms with Crippen molar-refractivity contribution in [3.63, 3.8) is 0 Å². The van der Waals surface area contributed by atoms with Gasteiger partial charge >= 0.3 is 0 Å². The molecule has 0 heterocycles. The van der Waals surface area contributed by atoms with Gasteiger partial charge in [0.25, 0.3) is 0 Å². The topological polar surface area (TPSA) is 35.5 Å². The van der Waals surface area contributed by atoms with Gasteiger partial charge in [-0.25, -0.2) is 0 Å². The standard InChI is InChI=1S/C12H22O3S/c1-12(2,9-15-8-10-4-5-10)11(13)16-7-6-14-3/h10H,4-9H2,1-3H3. The van der Waals surface area contributed by atoms with E-state index in [1.807, 2.05) is 13.8 Å². The van der Waals surface area contributed by atoms with Crippen molar-refractivity contribution in [3.8, 4) is 0 Å². The molecule has 0 spiro atoms. The van der Waals surface area contributed by atoms with Gasteiger partial charge in [-0.15, -0.1) is 0 Å². The number of hydrogen-bond donors (Lipinski definition) is 0. The van der Waals surface area contributed by atoms with Gasteiger partial charge in [-0.2, -0.15) is 0 Å². The van der Waals surface area contributed by atoms with Gasteiger partial charge in [0, 0.05) is 19.5 Å². The second-order valence-electron chi connectivity index (χ2n) is 4.97. The second-order valence-corrected chi connectivity index (χ2v) is 6.04. The van der Waals surface area contributed by atoms with Crippen molar-refractivity contribution >= 4 is 16.9 Å². The molecule has 0 unspecified atom stereocenters. The lowest BCUT2D eigenvalue weighted by Gasteiger charge is -2.22. The molecular weight excluding hydrogens is 224 g/mol. The lowest BCUT2D eigenvalue weighted by molar-refractivity contribution is -0.121. The molecule has 16 heavy (non-hydrogen) atoms. The van der Waals surface area contributed by atoms with Crippen molar-refractivity contribution in [2.75, 3.05) is 32.7 Å². The summed E-state index contributed by atoms with van der Waals surface area (Å²) < 4.78 is 10.5. The normalized spacial score (nSPS) is 16.4. The van der Waals surface area contributed by atoms with Crippen LogP contribution < -0.4 is 0 Å². The molecule has 4 heteroatoms. The number of ether oxygens (including phenoxy) is 2. The summed E-state index contributed by atoms with van der Waals surface area (Å²) in [6.45, 7) is 5.86. The van der Waals surface area contributed by atoms with E-state index in [0.717, 1.165) is 18.3 Å². The molecule has 0 atom stereocenters. The number of carbonyl (C=O) groups excluding carboxylic acids is 1. The Bertz CT molecular complexity index is 224. The molecule has 1 saturated carbocycles. The average molecular weight is 246 g/mol. The smallest absolute Gasteiger partial charge is 0.196 e. The predicted octanol–water partition coefficient (Wildman–Crippen LogP) is 2.35. The Morgan fingerprint density at radius 2 is 2.12 bits per heavy atom. The second kappa shape index (κ2) is 6.62. The largest absolute Gasteiger partial charge is 0.384 e. The first-order chi connectivity index (χ1) is 7.56. The summed E-state index contributed by atoms with van der Waals surface area (Å²) in [6, 6.07) is 0. The quantitative estimate of drug-likeness (QED) is 0.616. The zero-order chi connectivity index (χ0) is 12.0. The number of methoxy groups -OCH3 is 1. The maximum Gasteiger partial charge on any atom is 0.196 e. The van der Waals surface area contributed by atoms with Gasteiger partial charge in [-0.1, -0.05) is 11.8 Å². The molecular formula is C12H22O3S. The van der Waals surface area contributed by atoms with Gasteiger partial charge in [0.2, 0.25) is 0 Å². The third-order valence-electron chi connectivity index (χ3n) is 2.59. The first-order valence-corrected chi connectivity index (χ1v) is 6.79. The van der Waals surface area contributed by atoms with Gasteiger partial charge < -0.3 is 9.47 Å². The molecule has 1 rings (SSSR count). The van der Waals surface area contributed by atoms with Crippen LogP contribution in [0.5, 0.6) is 0 Å². The summed E-state index contributed by atoms with van der Waals surface area (Å²) in [5.74, 6) is 1.48. The summed E-state index contributed by atoms with van der Waals surface area (Å²) >= 11 is 1.34. The van der Waals surface area contributed by atoms with Crippen molar-refractivity contribution in [3.05, 3.63) is 0 Å². The van der Waals surface area contributed by atoms with Gasteiger partial charge in [0.1, 0.15) is 0 Å². The van der Waals surface area contributed by atoms with Crippen LogP contribution in [-0.2, 0) is 14.3 Å². The van der Waals surface area contributed by atoms with Gasteiger partial charge in [-0.05, 0) is 32.6 Å². The minimum Gasteiger partial charge on any atom is -0.384 e. The lowest BCUT2D eigenvalue weighted by Crippen LogP contribution is -2.28. The van der Waals surface area contributed by atoms with E-state index in [1.165, 1.54) is 24.6 Å². The summed E-state index contributed by atoms with van der Waals surface area (Å²) in [4.78, 5) is 11.9. The SMILES string of the molecule is COCCSC(=O)C(C)(C)COCC1CC1. The van der Waals surface area contributed by atoms with Crippen LogP contribution in [0.1, 0.15) is 26.7 Å². The lowest BCUT2D eigenvalue weighted by atomic mass is 9.97. The van der Waals surface area contributed by atoms with E-state index in [-0.39, 0.29) is 10.5 Å². The van der Waals surface area contributed by atoms with E-state index in [4.69, 9.17) is 9.47 Å². The molecule has 0 aliphatic heterocycles. The summed E-state index contributed by atoms with van der Waals surface area (Å²) in [5, 5.41) is 0.195. The van der Waals surface area contributed by atoms with Crippen molar-refractivity contribution in [2.45, 2.75) is 26.7 Å². The molecule has 1 aliphatic rings. The molecule has 0 aromatic carbocycles. The fraction of sp³-hybridized carbons (Fsp3) is 0.917. The molecule has 0 aromatic rings. The molecule has 0 N–H and O–H groups in total. The van der Waals surface area contributed by atoms with E-state index in [0.29, 0.717) is 13.2 Å². The van der Waals surface area contributed by atoms with Crippen LogP contribution in [-0.4, -0.2) is 37.8 Å². The number of hydrogen-bond acceptors (Lipinski definition) is 4. The monoisotopic (exact) mass is 246 g/mol. The minimum atomic E-state index is -0.382. The first kappa shape index (κ1) is 14.0. The first-order valence-electron chi connectivity index (χ1n) is 5.80. The third-order valence-corrected chi connectivity index (χ3v) is 3.77. The maximum absolute atomic E-state index is 11.9. The Labute approximate surface area is 102 Å². The van der Waals surface area contributed by atoms with E-state index in [1.54, 1.807) is 7.11 Å². The van der Waals surface area contributed by atoms with Crippen molar-refractivity contribution in [1.29, 1.82) is 0 Å². The molecule has 0 radical (unpaired) electrons. The van der Waals surface area contributed by atoms with Gasteiger partial charge in [0.15, 0.2) is 5.12 Å².